The van der Waals surface area contributed by atoms with Gasteiger partial charge in [-0.3, -0.25) is 14.5 Å². The molecule has 2 amide bonds. The molecule has 0 spiro atoms. The molecule has 0 bridgehead atoms. The van der Waals surface area contributed by atoms with Crippen LogP contribution in [0.3, 0.4) is 0 Å². The lowest BCUT2D eigenvalue weighted by molar-refractivity contribution is -0.130. The largest absolute Gasteiger partial charge is 0.352 e. The summed E-state index contributed by atoms with van der Waals surface area (Å²) >= 11 is 0. The van der Waals surface area contributed by atoms with Gasteiger partial charge in [0, 0.05) is 32.1 Å². The van der Waals surface area contributed by atoms with Crippen LogP contribution in [0.5, 0.6) is 0 Å². The fourth-order valence-corrected chi connectivity index (χ4v) is 3.49. The van der Waals surface area contributed by atoms with Gasteiger partial charge in [0.1, 0.15) is 0 Å². The van der Waals surface area contributed by atoms with Gasteiger partial charge in [-0.1, -0.05) is 6.08 Å². The zero-order valence-corrected chi connectivity index (χ0v) is 12.3. The molecule has 5 nitrogen and oxygen atoms in total. The molecule has 2 heterocycles. The summed E-state index contributed by atoms with van der Waals surface area (Å²) in [4.78, 5) is 27.8. The minimum absolute atomic E-state index is 0.0455. The molecule has 112 valence electrons. The normalized spacial score (nSPS) is 26.8. The summed E-state index contributed by atoms with van der Waals surface area (Å²) in [5, 5.41) is 2.83. The molecular weight excluding hydrogens is 254 g/mol. The lowest BCUT2D eigenvalue weighted by Gasteiger charge is -2.34. The maximum atomic E-state index is 11.9. The maximum absolute atomic E-state index is 11.9. The van der Waals surface area contributed by atoms with Gasteiger partial charge in [-0.2, -0.15) is 0 Å². The predicted molar refractivity (Wildman–Crippen MR) is 78.2 cm³/mol. The molecule has 0 aliphatic carbocycles. The first-order chi connectivity index (χ1) is 9.63. The molecule has 0 aromatic heterocycles. The molecule has 0 radical (unpaired) electrons. The Labute approximate surface area is 121 Å². The Hall–Kier alpha value is -1.36. The molecule has 0 aromatic rings. The van der Waals surface area contributed by atoms with Gasteiger partial charge in [0.25, 0.3) is 0 Å². The number of nitrogens with zero attached hydrogens (tertiary/aromatic N) is 2. The SMILES string of the molecule is C=CCNC(=O)CN1CCC[C@@H]1[C@@H]1CCCN1C(C)=O. The quantitative estimate of drug-likeness (QED) is 0.756. The molecule has 0 unspecified atom stereocenters. The number of likely N-dealkylation sites (tertiary alicyclic amines) is 2. The molecule has 2 atom stereocenters. The van der Waals surface area contributed by atoms with Crippen molar-refractivity contribution in [1.29, 1.82) is 0 Å². The minimum Gasteiger partial charge on any atom is -0.352 e. The van der Waals surface area contributed by atoms with Crippen molar-refractivity contribution in [1.82, 2.24) is 15.1 Å². The van der Waals surface area contributed by atoms with Gasteiger partial charge in [0.2, 0.25) is 11.8 Å². The van der Waals surface area contributed by atoms with E-state index in [1.807, 2.05) is 4.90 Å². The Bertz CT molecular complexity index is 383. The third-order valence-electron chi connectivity index (χ3n) is 4.35. The average molecular weight is 279 g/mol. The summed E-state index contributed by atoms with van der Waals surface area (Å²) in [5.41, 5.74) is 0. The zero-order valence-electron chi connectivity index (χ0n) is 12.3. The first kappa shape index (κ1) is 15.0. The summed E-state index contributed by atoms with van der Waals surface area (Å²) in [6, 6.07) is 0.637. The highest BCUT2D eigenvalue weighted by atomic mass is 16.2. The summed E-state index contributed by atoms with van der Waals surface area (Å²) in [5.74, 6) is 0.208. The van der Waals surface area contributed by atoms with Gasteiger partial charge >= 0.3 is 0 Å². The Morgan fingerprint density at radius 1 is 1.25 bits per heavy atom. The van der Waals surface area contributed by atoms with Crippen molar-refractivity contribution in [2.24, 2.45) is 0 Å². The van der Waals surface area contributed by atoms with E-state index in [2.05, 4.69) is 16.8 Å². The smallest absolute Gasteiger partial charge is 0.234 e. The molecule has 2 rings (SSSR count). The topological polar surface area (TPSA) is 52.7 Å². The van der Waals surface area contributed by atoms with Gasteiger partial charge in [0.05, 0.1) is 6.54 Å². The number of rotatable bonds is 5. The van der Waals surface area contributed by atoms with Gasteiger partial charge < -0.3 is 10.2 Å². The number of nitrogens with one attached hydrogen (secondary N) is 1. The second-order valence-electron chi connectivity index (χ2n) is 5.69. The third-order valence-corrected chi connectivity index (χ3v) is 4.35. The Kier molecular flexibility index (Phi) is 5.17. The predicted octanol–water partition coefficient (Wildman–Crippen LogP) is 0.764. The van der Waals surface area contributed by atoms with Crippen LogP contribution in [0.15, 0.2) is 12.7 Å². The molecule has 20 heavy (non-hydrogen) atoms. The average Bonchev–Trinajstić information content (AvgIpc) is 3.03. The van der Waals surface area contributed by atoms with Crippen molar-refractivity contribution >= 4 is 11.8 Å². The Balaban J connectivity index is 1.94. The minimum atomic E-state index is 0.0455. The van der Waals surface area contributed by atoms with Crippen LogP contribution in [0.4, 0.5) is 0 Å². The van der Waals surface area contributed by atoms with E-state index in [1.54, 1.807) is 13.0 Å². The second kappa shape index (κ2) is 6.88. The van der Waals surface area contributed by atoms with Crippen LogP contribution in [-0.4, -0.2) is 59.9 Å². The fourth-order valence-electron chi connectivity index (χ4n) is 3.49. The first-order valence-corrected chi connectivity index (χ1v) is 7.52. The lowest BCUT2D eigenvalue weighted by Crippen LogP contribution is -2.50. The van der Waals surface area contributed by atoms with Gasteiger partial charge in [-0.15, -0.1) is 6.58 Å². The van der Waals surface area contributed by atoms with Crippen molar-refractivity contribution < 1.29 is 9.59 Å². The van der Waals surface area contributed by atoms with E-state index >= 15 is 0 Å². The molecular formula is C15H25N3O2. The molecule has 2 aliphatic rings. The Morgan fingerprint density at radius 2 is 1.95 bits per heavy atom. The Morgan fingerprint density at radius 3 is 2.65 bits per heavy atom. The number of amides is 2. The van der Waals surface area contributed by atoms with E-state index in [0.717, 1.165) is 38.8 Å². The van der Waals surface area contributed by atoms with Gasteiger partial charge in [-0.25, -0.2) is 0 Å². The number of carbonyl (C=O) groups excluding carboxylic acids is 2. The van der Waals surface area contributed by atoms with Crippen LogP contribution in [-0.2, 0) is 9.59 Å². The fraction of sp³-hybridized carbons (Fsp3) is 0.733. The van der Waals surface area contributed by atoms with E-state index in [1.165, 1.54) is 0 Å². The standard InChI is InChI=1S/C15H25N3O2/c1-3-8-16-15(20)11-17-9-4-6-13(17)14-7-5-10-18(14)12(2)19/h3,13-14H,1,4-11H2,2H3,(H,16,20)/t13-,14+/m1/s1. The van der Waals surface area contributed by atoms with Crippen LogP contribution in [0.2, 0.25) is 0 Å². The number of carbonyl (C=O) groups is 2. The highest BCUT2D eigenvalue weighted by Crippen LogP contribution is 2.29. The molecule has 0 saturated carbocycles. The van der Waals surface area contributed by atoms with E-state index in [4.69, 9.17) is 0 Å². The van der Waals surface area contributed by atoms with Crippen molar-refractivity contribution in [3.05, 3.63) is 12.7 Å². The van der Waals surface area contributed by atoms with E-state index in [0.29, 0.717) is 25.2 Å². The molecule has 2 saturated heterocycles. The lowest BCUT2D eigenvalue weighted by atomic mass is 10.0. The highest BCUT2D eigenvalue weighted by Gasteiger charge is 2.39. The van der Waals surface area contributed by atoms with Crippen LogP contribution in [0.25, 0.3) is 0 Å². The zero-order chi connectivity index (χ0) is 14.5. The number of hydrogen-bond donors (Lipinski definition) is 1. The number of hydrogen-bond acceptors (Lipinski definition) is 3. The van der Waals surface area contributed by atoms with Crippen molar-refractivity contribution in [2.45, 2.75) is 44.7 Å². The first-order valence-electron chi connectivity index (χ1n) is 7.52. The van der Waals surface area contributed by atoms with Gasteiger partial charge in [0.15, 0.2) is 0 Å². The van der Waals surface area contributed by atoms with Crippen LogP contribution >= 0.6 is 0 Å². The van der Waals surface area contributed by atoms with Gasteiger partial charge in [-0.05, 0) is 32.2 Å². The van der Waals surface area contributed by atoms with Crippen molar-refractivity contribution in [2.75, 3.05) is 26.2 Å². The maximum Gasteiger partial charge on any atom is 0.234 e. The molecule has 0 aromatic carbocycles. The van der Waals surface area contributed by atoms with Crippen LogP contribution in [0.1, 0.15) is 32.6 Å². The van der Waals surface area contributed by atoms with Crippen molar-refractivity contribution in [3.63, 3.8) is 0 Å². The monoisotopic (exact) mass is 279 g/mol. The molecule has 2 aliphatic heterocycles. The van der Waals surface area contributed by atoms with E-state index < -0.39 is 0 Å². The highest BCUT2D eigenvalue weighted by molar-refractivity contribution is 5.78. The molecule has 2 fully saturated rings. The molecule has 5 heteroatoms. The van der Waals surface area contributed by atoms with Crippen LogP contribution in [0, 0.1) is 0 Å². The summed E-state index contributed by atoms with van der Waals surface area (Å²) in [6.45, 7) is 8.01. The molecule has 1 N–H and O–H groups in total. The second-order valence-corrected chi connectivity index (χ2v) is 5.69. The van der Waals surface area contributed by atoms with Crippen LogP contribution < -0.4 is 5.32 Å². The summed E-state index contributed by atoms with van der Waals surface area (Å²) < 4.78 is 0. The third kappa shape index (κ3) is 3.39. The van der Waals surface area contributed by atoms with E-state index in [-0.39, 0.29) is 11.8 Å². The summed E-state index contributed by atoms with van der Waals surface area (Å²) in [7, 11) is 0. The summed E-state index contributed by atoms with van der Waals surface area (Å²) in [6.07, 6.45) is 6.03. The van der Waals surface area contributed by atoms with E-state index in [9.17, 15) is 9.59 Å². The van der Waals surface area contributed by atoms with Crippen molar-refractivity contribution in [3.8, 4) is 0 Å².